The molecule has 0 aliphatic carbocycles. The molecule has 1 fully saturated rings. The number of para-hydroxylation sites is 1. The molecule has 1 aliphatic heterocycles. The van der Waals surface area contributed by atoms with Crippen molar-refractivity contribution in [1.29, 1.82) is 0 Å². The maximum absolute atomic E-state index is 12.7. The first-order chi connectivity index (χ1) is 13.7. The lowest BCUT2D eigenvalue weighted by atomic mass is 10.0. The Morgan fingerprint density at radius 1 is 1.14 bits per heavy atom. The molecule has 160 valence electrons. The van der Waals surface area contributed by atoms with E-state index in [1.807, 2.05) is 12.1 Å². The van der Waals surface area contributed by atoms with E-state index in [9.17, 15) is 14.4 Å². The zero-order valence-electron chi connectivity index (χ0n) is 17.6. The van der Waals surface area contributed by atoms with Gasteiger partial charge in [-0.15, -0.1) is 0 Å². The largest absolute Gasteiger partial charge is 0.496 e. The van der Waals surface area contributed by atoms with Crippen LogP contribution in [0.4, 0.5) is 4.79 Å². The van der Waals surface area contributed by atoms with Crippen molar-refractivity contribution in [2.75, 3.05) is 26.7 Å². The van der Waals surface area contributed by atoms with Gasteiger partial charge in [0.1, 0.15) is 11.4 Å². The van der Waals surface area contributed by atoms with Crippen molar-refractivity contribution < 1.29 is 23.9 Å². The fourth-order valence-electron chi connectivity index (χ4n) is 3.11. The number of ether oxygens (including phenoxy) is 2. The van der Waals surface area contributed by atoms with E-state index in [2.05, 4.69) is 10.6 Å². The van der Waals surface area contributed by atoms with Crippen LogP contribution in [-0.2, 0) is 9.53 Å². The Morgan fingerprint density at radius 2 is 1.79 bits per heavy atom. The number of rotatable bonds is 6. The molecule has 0 aromatic heterocycles. The third-order valence-corrected chi connectivity index (χ3v) is 4.50. The van der Waals surface area contributed by atoms with Gasteiger partial charge in [-0.3, -0.25) is 9.59 Å². The smallest absolute Gasteiger partial charge is 0.407 e. The summed E-state index contributed by atoms with van der Waals surface area (Å²) in [4.78, 5) is 38.2. The van der Waals surface area contributed by atoms with E-state index >= 15 is 0 Å². The second-order valence-electron chi connectivity index (χ2n) is 8.01. The van der Waals surface area contributed by atoms with Gasteiger partial charge in [-0.25, -0.2) is 4.79 Å². The number of nitrogens with one attached hydrogen (secondary N) is 2. The number of hydrogen-bond donors (Lipinski definition) is 2. The summed E-state index contributed by atoms with van der Waals surface area (Å²) in [6.07, 6.45) is 1.02. The van der Waals surface area contributed by atoms with E-state index in [1.165, 1.54) is 0 Å². The lowest BCUT2D eigenvalue weighted by Gasteiger charge is -2.32. The van der Waals surface area contributed by atoms with E-state index in [0.717, 1.165) is 0 Å². The summed E-state index contributed by atoms with van der Waals surface area (Å²) in [5.74, 6) is 0.370. The Morgan fingerprint density at radius 3 is 2.41 bits per heavy atom. The molecule has 1 aromatic rings. The van der Waals surface area contributed by atoms with Crippen LogP contribution in [0.1, 0.15) is 50.4 Å². The summed E-state index contributed by atoms with van der Waals surface area (Å²) in [5, 5.41) is 5.54. The van der Waals surface area contributed by atoms with Crippen molar-refractivity contribution in [3.8, 4) is 5.75 Å². The molecule has 1 heterocycles. The van der Waals surface area contributed by atoms with Crippen molar-refractivity contribution >= 4 is 17.9 Å². The van der Waals surface area contributed by atoms with Gasteiger partial charge in [-0.2, -0.15) is 0 Å². The average Bonchev–Trinajstić information content (AvgIpc) is 2.66. The van der Waals surface area contributed by atoms with Crippen LogP contribution in [0.15, 0.2) is 24.3 Å². The maximum atomic E-state index is 12.7. The van der Waals surface area contributed by atoms with Gasteiger partial charge in [0.2, 0.25) is 5.91 Å². The zero-order valence-corrected chi connectivity index (χ0v) is 17.6. The van der Waals surface area contributed by atoms with Crippen LogP contribution >= 0.6 is 0 Å². The first kappa shape index (κ1) is 22.5. The number of amides is 3. The summed E-state index contributed by atoms with van der Waals surface area (Å²) in [6.45, 7) is 6.70. The van der Waals surface area contributed by atoms with E-state index in [4.69, 9.17) is 9.47 Å². The molecule has 1 aromatic carbocycles. The second-order valence-corrected chi connectivity index (χ2v) is 8.01. The molecule has 3 amide bonds. The Bertz CT molecular complexity index is 721. The number of carbonyl (C=O) groups is 3. The molecule has 8 nitrogen and oxygen atoms in total. The lowest BCUT2D eigenvalue weighted by Crippen LogP contribution is -2.47. The van der Waals surface area contributed by atoms with Crippen LogP contribution < -0.4 is 15.4 Å². The molecular weight excluding hydrogens is 374 g/mol. The van der Waals surface area contributed by atoms with Crippen LogP contribution in [0, 0.1) is 0 Å². The Kier molecular flexibility index (Phi) is 7.87. The SMILES string of the molecule is COc1ccccc1C(=O)N1CCC(NC(=O)CCNC(=O)OC(C)(C)C)CC1. The van der Waals surface area contributed by atoms with Crippen molar-refractivity contribution in [1.82, 2.24) is 15.5 Å². The van der Waals surface area contributed by atoms with Gasteiger partial charge in [0.05, 0.1) is 12.7 Å². The Balaban J connectivity index is 1.72. The Labute approximate surface area is 171 Å². The van der Waals surface area contributed by atoms with Crippen LogP contribution in [-0.4, -0.2) is 61.2 Å². The van der Waals surface area contributed by atoms with E-state index < -0.39 is 11.7 Å². The third kappa shape index (κ3) is 7.29. The van der Waals surface area contributed by atoms with Gasteiger partial charge < -0.3 is 25.0 Å². The Hall–Kier alpha value is -2.77. The predicted molar refractivity (Wildman–Crippen MR) is 109 cm³/mol. The van der Waals surface area contributed by atoms with Crippen molar-refractivity contribution in [2.24, 2.45) is 0 Å². The first-order valence-electron chi connectivity index (χ1n) is 9.88. The number of methoxy groups -OCH3 is 1. The van der Waals surface area contributed by atoms with E-state index in [0.29, 0.717) is 37.2 Å². The monoisotopic (exact) mass is 405 g/mol. The van der Waals surface area contributed by atoms with Crippen molar-refractivity contribution in [3.63, 3.8) is 0 Å². The molecule has 0 radical (unpaired) electrons. The van der Waals surface area contributed by atoms with Crippen molar-refractivity contribution in [2.45, 2.75) is 51.7 Å². The zero-order chi connectivity index (χ0) is 21.4. The van der Waals surface area contributed by atoms with Gasteiger partial charge in [0.15, 0.2) is 0 Å². The number of alkyl carbamates (subject to hydrolysis) is 1. The molecule has 0 spiro atoms. The number of carbonyl (C=O) groups excluding carboxylic acids is 3. The van der Waals surface area contributed by atoms with Crippen LogP contribution in [0.25, 0.3) is 0 Å². The molecule has 2 rings (SSSR count). The normalized spacial score (nSPS) is 14.8. The summed E-state index contributed by atoms with van der Waals surface area (Å²) >= 11 is 0. The van der Waals surface area contributed by atoms with Crippen LogP contribution in [0.3, 0.4) is 0 Å². The van der Waals surface area contributed by atoms with E-state index in [-0.39, 0.29) is 30.8 Å². The molecule has 0 saturated carbocycles. The molecule has 0 atom stereocenters. The number of nitrogens with zero attached hydrogens (tertiary/aromatic N) is 1. The third-order valence-electron chi connectivity index (χ3n) is 4.50. The highest BCUT2D eigenvalue weighted by molar-refractivity contribution is 5.97. The summed E-state index contributed by atoms with van der Waals surface area (Å²) in [6, 6.07) is 7.19. The molecule has 29 heavy (non-hydrogen) atoms. The fourth-order valence-corrected chi connectivity index (χ4v) is 3.11. The number of piperidine rings is 1. The highest BCUT2D eigenvalue weighted by Gasteiger charge is 2.26. The minimum atomic E-state index is -0.568. The number of benzene rings is 1. The molecule has 0 bridgehead atoms. The quantitative estimate of drug-likeness (QED) is 0.757. The highest BCUT2D eigenvalue weighted by atomic mass is 16.6. The standard InChI is InChI=1S/C21H31N3O5/c1-21(2,3)29-20(27)22-12-9-18(25)23-15-10-13-24(14-11-15)19(26)16-7-5-6-8-17(16)28-4/h5-8,15H,9-14H2,1-4H3,(H,22,27)(H,23,25). The minimum Gasteiger partial charge on any atom is -0.496 e. The minimum absolute atomic E-state index is 0.0192. The molecule has 0 unspecified atom stereocenters. The molecule has 1 aliphatic rings. The highest BCUT2D eigenvalue weighted by Crippen LogP contribution is 2.21. The summed E-state index contributed by atoms with van der Waals surface area (Å²) in [7, 11) is 1.55. The molecule has 8 heteroatoms. The fraction of sp³-hybridized carbons (Fsp3) is 0.571. The second kappa shape index (κ2) is 10.1. The molecule has 1 saturated heterocycles. The molecule has 2 N–H and O–H groups in total. The van der Waals surface area contributed by atoms with Gasteiger partial charge in [0, 0.05) is 32.1 Å². The maximum Gasteiger partial charge on any atom is 0.407 e. The number of likely N-dealkylation sites (tertiary alicyclic amines) is 1. The van der Waals surface area contributed by atoms with Crippen molar-refractivity contribution in [3.05, 3.63) is 29.8 Å². The van der Waals surface area contributed by atoms with Crippen LogP contribution in [0.2, 0.25) is 0 Å². The van der Waals surface area contributed by atoms with Gasteiger partial charge in [-0.1, -0.05) is 12.1 Å². The van der Waals surface area contributed by atoms with E-state index in [1.54, 1.807) is 44.9 Å². The molecular formula is C21H31N3O5. The lowest BCUT2D eigenvalue weighted by molar-refractivity contribution is -0.121. The summed E-state index contributed by atoms with van der Waals surface area (Å²) < 4.78 is 10.4. The number of hydrogen-bond acceptors (Lipinski definition) is 5. The van der Waals surface area contributed by atoms with Gasteiger partial charge >= 0.3 is 6.09 Å². The first-order valence-corrected chi connectivity index (χ1v) is 9.88. The average molecular weight is 405 g/mol. The predicted octanol–water partition coefficient (Wildman–Crippen LogP) is 2.33. The van der Waals surface area contributed by atoms with Gasteiger partial charge in [-0.05, 0) is 45.7 Å². The summed E-state index contributed by atoms with van der Waals surface area (Å²) in [5.41, 5.74) is -0.0210. The van der Waals surface area contributed by atoms with Gasteiger partial charge in [0.25, 0.3) is 5.91 Å². The topological polar surface area (TPSA) is 97.0 Å². The van der Waals surface area contributed by atoms with Crippen LogP contribution in [0.5, 0.6) is 5.75 Å².